The molecule has 12 aromatic rings. The van der Waals surface area contributed by atoms with Gasteiger partial charge in [0.15, 0.2) is 0 Å². The molecule has 634 valence electrons. The Labute approximate surface area is 743 Å². The van der Waals surface area contributed by atoms with E-state index in [0.717, 1.165) is 64.3 Å². The molecule has 2 aromatic heterocycles. The second-order valence-electron chi connectivity index (χ2n) is 35.4. The van der Waals surface area contributed by atoms with Gasteiger partial charge in [-0.2, -0.15) is 0 Å². The van der Waals surface area contributed by atoms with E-state index in [9.17, 15) is 4.39 Å². The number of pyridine rings is 1. The summed E-state index contributed by atoms with van der Waals surface area (Å²) in [7, 11) is -1.78. The molecule has 10 nitrogen and oxygen atoms in total. The van der Waals surface area contributed by atoms with Gasteiger partial charge in [-0.05, 0) is 168 Å². The van der Waals surface area contributed by atoms with Crippen molar-refractivity contribution in [2.45, 2.75) is 117 Å². The second-order valence-corrected chi connectivity index (χ2v) is 58.8. The van der Waals surface area contributed by atoms with Crippen molar-refractivity contribution in [1.82, 2.24) is 15.3 Å². The van der Waals surface area contributed by atoms with E-state index in [2.05, 4.69) is 416 Å². The number of rotatable bonds is 23. The first-order valence-corrected chi connectivity index (χ1v) is 55.5. The molecule has 0 saturated carbocycles. The summed E-state index contributed by atoms with van der Waals surface area (Å²) in [6, 6.07) is 101. The van der Waals surface area contributed by atoms with Crippen LogP contribution in [0.2, 0.25) is 54.4 Å². The normalized spacial score (nSPS) is 11.5. The number of aliphatic hydroxyl groups is 1. The molecule has 0 atom stereocenters. The van der Waals surface area contributed by atoms with Gasteiger partial charge in [0, 0.05) is 103 Å². The van der Waals surface area contributed by atoms with E-state index in [1.807, 2.05) is 79.7 Å². The zero-order chi connectivity index (χ0) is 88.6. The van der Waals surface area contributed by atoms with Crippen LogP contribution in [0.3, 0.4) is 0 Å². The van der Waals surface area contributed by atoms with Crippen molar-refractivity contribution in [3.05, 3.63) is 336 Å². The number of anilines is 3. The molecule has 17 heteroatoms. The third-order valence-electron chi connectivity index (χ3n) is 20.7. The number of likely N-dealkylation sites (N-methyl/N-ethyl adjacent to an activating group) is 4. The number of nitrogens with zero attached hydrogens (tertiary/aromatic N) is 4. The second kappa shape index (κ2) is 45.8. The molecule has 0 unspecified atom stereocenters. The van der Waals surface area contributed by atoms with E-state index >= 15 is 0 Å². The zero-order valence-electron chi connectivity index (χ0n) is 75.2. The third-order valence-corrected chi connectivity index (χ3v) is 38.1. The molecule has 0 bridgehead atoms. The molecule has 12 rings (SSSR count). The maximum atomic E-state index is 13.1. The smallest absolute Gasteiger partial charge is 0.261 e. The average molecular weight is 1780 g/mol. The first kappa shape index (κ1) is 97.3. The first-order valence-electron chi connectivity index (χ1n) is 42.0. The van der Waals surface area contributed by atoms with Crippen molar-refractivity contribution in [3.8, 4) is 47.1 Å². The molecule has 0 fully saturated rings. The lowest BCUT2D eigenvalue weighted by Crippen LogP contribution is -2.67. The number of benzene rings is 10. The number of H-pyrrole nitrogens is 1. The predicted octanol–water partition coefficient (Wildman–Crippen LogP) is 19.6. The Hall–Kier alpha value is -10.2. The van der Waals surface area contributed by atoms with E-state index in [4.69, 9.17) is 24.8 Å². The zero-order valence-corrected chi connectivity index (χ0v) is 81.8. The molecule has 0 radical (unpaired) electrons. The van der Waals surface area contributed by atoms with Gasteiger partial charge in [0.2, 0.25) is 0 Å². The van der Waals surface area contributed by atoms with Crippen LogP contribution in [-0.2, 0) is 13.3 Å². The molecule has 0 aliphatic heterocycles. The molecule has 0 saturated heterocycles. The Balaban J connectivity index is 0.000000195. The van der Waals surface area contributed by atoms with Gasteiger partial charge in [0.05, 0.1) is 31.7 Å². The van der Waals surface area contributed by atoms with Crippen LogP contribution in [0.1, 0.15) is 90.3 Å². The van der Waals surface area contributed by atoms with Crippen LogP contribution in [0.25, 0.3) is 11.0 Å². The van der Waals surface area contributed by atoms with Gasteiger partial charge in [-0.1, -0.05) is 323 Å². The Morgan fingerprint density at radius 2 is 0.721 bits per heavy atom. The van der Waals surface area contributed by atoms with Crippen molar-refractivity contribution in [3.63, 3.8) is 0 Å². The van der Waals surface area contributed by atoms with Crippen LogP contribution in [0.15, 0.2) is 302 Å². The van der Waals surface area contributed by atoms with Crippen molar-refractivity contribution in [2.24, 2.45) is 0 Å². The molecule has 0 aliphatic rings. The van der Waals surface area contributed by atoms with Crippen molar-refractivity contribution in [1.29, 1.82) is 0 Å². The summed E-state index contributed by atoms with van der Waals surface area (Å²) in [5, 5.41) is 20.8. The van der Waals surface area contributed by atoms with Crippen LogP contribution in [-0.4, -0.2) is 137 Å². The lowest BCUT2D eigenvalue weighted by Gasteiger charge is -2.43. The molecule has 0 aliphatic carbocycles. The SMILES string of the molecule is C#Cc1ccc(N(C)CCO[Si](c2ccccc2)(c2ccccc2)C(C)(C)C)cc1.CN(CCO)c1ccc(C#Cc2cc3cc(F)cnc3[nH]2)cc1.CN(CCO[Si](c1ccccc1)(c1ccccc1)C(C)(C)C)c1ccc(C#C[Si](C)(C)C)cc1.CNCCO[Si](c1ccccc1)(c1ccccc1)C(C)(C)C.C[Si](C)(C)C#Cc1ccc(Br)cc1. The minimum atomic E-state index is -2.50. The fourth-order valence-corrected chi connectivity index (χ4v) is 29.4. The van der Waals surface area contributed by atoms with Gasteiger partial charge >= 0.3 is 0 Å². The number of nitrogens with one attached hydrogen (secondary N) is 2. The molecule has 3 N–H and O–H groups in total. The molecular formula is C105H126BrFN6O4Si5. The lowest BCUT2D eigenvalue weighted by molar-refractivity contribution is 0.299. The number of halogens is 2. The van der Waals surface area contributed by atoms with E-state index < -0.39 is 41.1 Å². The van der Waals surface area contributed by atoms with E-state index in [1.54, 1.807) is 6.07 Å². The largest absolute Gasteiger partial charge is 0.406 e. The fourth-order valence-electron chi connectivity index (χ4n) is 14.5. The number of terminal acetylenes is 1. The summed E-state index contributed by atoms with van der Waals surface area (Å²) < 4.78 is 34.9. The minimum Gasteiger partial charge on any atom is -0.406 e. The Bertz CT molecular complexity index is 5270. The minimum absolute atomic E-state index is 0.00896. The van der Waals surface area contributed by atoms with Gasteiger partial charge < -0.3 is 43.4 Å². The summed E-state index contributed by atoms with van der Waals surface area (Å²) in [6.07, 6.45) is 6.65. The summed E-state index contributed by atoms with van der Waals surface area (Å²) in [4.78, 5) is 13.5. The summed E-state index contributed by atoms with van der Waals surface area (Å²) in [5.41, 5.74) is 15.4. The van der Waals surface area contributed by atoms with E-state index in [-0.39, 0.29) is 27.5 Å². The number of aromatic amines is 1. The average Bonchev–Trinajstić information content (AvgIpc) is 0.958. The van der Waals surface area contributed by atoms with Crippen LogP contribution < -0.4 is 51.1 Å². The maximum absolute atomic E-state index is 13.1. The third kappa shape index (κ3) is 27.9. The molecular weight excluding hydrogens is 1650 g/mol. The topological polar surface area (TPSA) is 98.4 Å². The molecule has 122 heavy (non-hydrogen) atoms. The van der Waals surface area contributed by atoms with Gasteiger partial charge in [0.25, 0.3) is 25.0 Å². The summed E-state index contributed by atoms with van der Waals surface area (Å²) in [5.74, 6) is 14.9. The molecule has 10 aromatic carbocycles. The van der Waals surface area contributed by atoms with Gasteiger partial charge in [0.1, 0.15) is 27.6 Å². The molecule has 0 spiro atoms. The number of fused-ring (bicyclic) bond motifs is 1. The Kier molecular flexibility index (Phi) is 36.5. The fraction of sp³-hybridized carbons (Fsp3) is 0.286. The highest BCUT2D eigenvalue weighted by Gasteiger charge is 2.52. The standard InChI is InChI=1S/C30H39NOSi2.C27H31NOSi.C19H27NOSi.C18H16FN3O.C11H13BrSi/c1-30(2,3)34(28-14-10-8-11-15-28,29-16-12-9-13-17-29)32-24-23-31(4)27-20-18-26(19-21-27)22-25-33(5,6)7;1-6-23-17-19-24(20-18-23)28(5)21-22-29-30(27(2,3)4,25-13-9-7-10-14-25)26-15-11-8-12-16-26;1-19(2,3)22(21-16-15-20-4,17-11-7-5-8-12-17)18-13-9-6-10-14-18;1-22(8-9-23)17-6-3-13(4-7-17)2-5-16-11-14-10-15(19)12-20-18(14)21-16;1-13(2,3)9-8-10-4-6-11(12)7-5-10/h8-21H,23-24H2,1-7H3;1,7-20H,21-22H2,2-5H3;5-14,20H,15-16H2,1-4H3;3-4,6-7,10-12,23H,8-9H2,1H3,(H,20,21);4-7H,1-3H3. The van der Waals surface area contributed by atoms with Gasteiger partial charge in [-0.25, -0.2) is 9.37 Å². The van der Waals surface area contributed by atoms with Crippen molar-refractivity contribution >= 4 is 116 Å². The Morgan fingerprint density at radius 3 is 1.02 bits per heavy atom. The highest BCUT2D eigenvalue weighted by molar-refractivity contribution is 9.10. The number of aromatic nitrogens is 2. The van der Waals surface area contributed by atoms with E-state index in [1.165, 1.54) is 49.1 Å². The van der Waals surface area contributed by atoms with Gasteiger partial charge in [-0.15, -0.1) is 17.5 Å². The van der Waals surface area contributed by atoms with Crippen LogP contribution >= 0.6 is 15.9 Å². The summed E-state index contributed by atoms with van der Waals surface area (Å²) >= 11 is 3.40. The Morgan fingerprint density at radius 1 is 0.418 bits per heavy atom. The molecule has 2 heterocycles. The van der Waals surface area contributed by atoms with Gasteiger partial charge in [-0.3, -0.25) is 0 Å². The lowest BCUT2D eigenvalue weighted by atomic mass is 10.2. The van der Waals surface area contributed by atoms with Crippen LogP contribution in [0.4, 0.5) is 21.5 Å². The number of aliphatic hydroxyl groups excluding tert-OH is 1. The monoisotopic (exact) mass is 1770 g/mol. The predicted molar refractivity (Wildman–Crippen MR) is 535 cm³/mol. The van der Waals surface area contributed by atoms with Crippen LogP contribution in [0, 0.1) is 52.9 Å². The number of hydrogen-bond donors (Lipinski definition) is 3. The van der Waals surface area contributed by atoms with Crippen molar-refractivity contribution in [2.75, 3.05) is 95.5 Å². The van der Waals surface area contributed by atoms with E-state index in [0.29, 0.717) is 36.5 Å². The quantitative estimate of drug-likeness (QED) is 0.0329. The molecule has 0 amide bonds. The van der Waals surface area contributed by atoms with Crippen molar-refractivity contribution < 1.29 is 22.8 Å². The highest BCUT2D eigenvalue weighted by Crippen LogP contribution is 2.40. The maximum Gasteiger partial charge on any atom is 0.261 e. The summed E-state index contributed by atoms with van der Waals surface area (Å²) in [6.45, 7) is 39.6. The number of hydrogen-bond acceptors (Lipinski definition) is 9. The van der Waals surface area contributed by atoms with Crippen LogP contribution in [0.5, 0.6) is 0 Å². The highest BCUT2D eigenvalue weighted by atomic mass is 79.9. The first-order chi connectivity index (χ1) is 58.1.